The van der Waals surface area contributed by atoms with Crippen molar-refractivity contribution in [3.05, 3.63) is 29.3 Å². The first kappa shape index (κ1) is 24.0. The highest BCUT2D eigenvalue weighted by molar-refractivity contribution is 6.33. The van der Waals surface area contributed by atoms with E-state index in [1.165, 1.54) is 0 Å². The molecule has 3 aliphatic rings. The van der Waals surface area contributed by atoms with E-state index in [2.05, 4.69) is 10.6 Å². The third kappa shape index (κ3) is 4.24. The van der Waals surface area contributed by atoms with Gasteiger partial charge in [0.25, 0.3) is 0 Å². The lowest BCUT2D eigenvalue weighted by Gasteiger charge is -2.33. The van der Waals surface area contributed by atoms with Crippen LogP contribution in [0, 0.1) is 11.8 Å². The largest absolute Gasteiger partial charge is 0.396 e. The van der Waals surface area contributed by atoms with Gasteiger partial charge in [-0.2, -0.15) is 0 Å². The number of ether oxygens (including phenoxy) is 1. The number of hydrogen-bond donors (Lipinski definition) is 3. The van der Waals surface area contributed by atoms with Crippen LogP contribution in [0.3, 0.4) is 0 Å². The lowest BCUT2D eigenvalue weighted by Crippen LogP contribution is -2.53. The summed E-state index contributed by atoms with van der Waals surface area (Å²) in [7, 11) is 0. The molecule has 3 fully saturated rings. The molecule has 180 valence electrons. The average Bonchev–Trinajstić information content (AvgIpc) is 3.44. The predicted molar refractivity (Wildman–Crippen MR) is 124 cm³/mol. The molecular formula is C24H32ClN3O5. The first-order valence-corrected chi connectivity index (χ1v) is 12.2. The van der Waals surface area contributed by atoms with Crippen molar-refractivity contribution in [2.24, 2.45) is 11.8 Å². The number of aliphatic hydroxyl groups excluding tert-OH is 1. The quantitative estimate of drug-likeness (QED) is 0.448. The smallest absolute Gasteiger partial charge is 0.250 e. The molecule has 3 amide bonds. The predicted octanol–water partition coefficient (Wildman–Crippen LogP) is 2.34. The third-order valence-corrected chi connectivity index (χ3v) is 7.42. The van der Waals surface area contributed by atoms with Crippen LogP contribution in [0.4, 0.5) is 5.69 Å². The molecule has 33 heavy (non-hydrogen) atoms. The molecule has 3 aliphatic heterocycles. The van der Waals surface area contributed by atoms with E-state index in [0.717, 1.165) is 12.8 Å². The van der Waals surface area contributed by atoms with Gasteiger partial charge in [-0.25, -0.2) is 0 Å². The number of rotatable bonds is 10. The maximum atomic E-state index is 13.7. The number of halogens is 1. The summed E-state index contributed by atoms with van der Waals surface area (Å²) < 4.78 is 6.37. The minimum atomic E-state index is -1.02. The molecular weight excluding hydrogens is 446 g/mol. The van der Waals surface area contributed by atoms with Gasteiger partial charge in [0, 0.05) is 19.7 Å². The van der Waals surface area contributed by atoms with Crippen LogP contribution in [0.25, 0.3) is 0 Å². The topological polar surface area (TPSA) is 108 Å². The molecule has 3 N–H and O–H groups in total. The van der Waals surface area contributed by atoms with E-state index >= 15 is 0 Å². The van der Waals surface area contributed by atoms with Crippen LogP contribution in [0.15, 0.2) is 24.3 Å². The fourth-order valence-corrected chi connectivity index (χ4v) is 5.88. The molecule has 0 saturated carbocycles. The van der Waals surface area contributed by atoms with Gasteiger partial charge in [-0.1, -0.05) is 30.7 Å². The number of amides is 3. The van der Waals surface area contributed by atoms with Crippen molar-refractivity contribution >= 4 is 35.0 Å². The molecule has 2 unspecified atom stereocenters. The van der Waals surface area contributed by atoms with E-state index in [1.807, 2.05) is 6.92 Å². The number of fused-ring (bicyclic) bond motifs is 1. The molecule has 1 aromatic carbocycles. The van der Waals surface area contributed by atoms with Crippen molar-refractivity contribution in [3.63, 3.8) is 0 Å². The SMILES string of the molecule is CCCNC(=O)[C@@H]1[C@@H]2CCC3(O2)C(C(=O)Nc2ccccc2Cl)N(CCCCCO)C(=O)[C@H]13. The van der Waals surface area contributed by atoms with Crippen LogP contribution in [0.1, 0.15) is 45.4 Å². The van der Waals surface area contributed by atoms with E-state index in [4.69, 9.17) is 21.4 Å². The van der Waals surface area contributed by atoms with Crippen molar-refractivity contribution in [2.75, 3.05) is 25.0 Å². The number of aliphatic hydroxyl groups is 1. The second-order valence-corrected chi connectivity index (χ2v) is 9.54. The molecule has 9 heteroatoms. The molecule has 0 radical (unpaired) electrons. The molecule has 0 aliphatic carbocycles. The maximum absolute atomic E-state index is 13.7. The monoisotopic (exact) mass is 477 g/mol. The zero-order valence-electron chi connectivity index (χ0n) is 18.9. The van der Waals surface area contributed by atoms with E-state index < -0.39 is 23.5 Å². The molecule has 4 rings (SSSR count). The molecule has 1 spiro atoms. The number of carbonyl (C=O) groups excluding carboxylic acids is 3. The number of unbranched alkanes of at least 4 members (excludes halogenated alkanes) is 2. The maximum Gasteiger partial charge on any atom is 0.250 e. The zero-order chi connectivity index (χ0) is 23.6. The summed E-state index contributed by atoms with van der Waals surface area (Å²) in [6.45, 7) is 2.97. The molecule has 8 nitrogen and oxygen atoms in total. The van der Waals surface area contributed by atoms with Gasteiger partial charge in [-0.3, -0.25) is 14.4 Å². The number of carbonyl (C=O) groups is 3. The minimum Gasteiger partial charge on any atom is -0.396 e. The summed E-state index contributed by atoms with van der Waals surface area (Å²) in [6, 6.07) is 6.12. The van der Waals surface area contributed by atoms with Crippen molar-refractivity contribution in [2.45, 2.75) is 63.2 Å². The summed E-state index contributed by atoms with van der Waals surface area (Å²) in [5.41, 5.74) is -0.542. The van der Waals surface area contributed by atoms with Gasteiger partial charge in [-0.15, -0.1) is 0 Å². The zero-order valence-corrected chi connectivity index (χ0v) is 19.6. The number of hydrogen-bond acceptors (Lipinski definition) is 5. The van der Waals surface area contributed by atoms with Gasteiger partial charge in [-0.05, 0) is 50.7 Å². The number of benzene rings is 1. The normalized spacial score (nSPS) is 29.9. The Kier molecular flexibility index (Phi) is 7.26. The first-order valence-electron chi connectivity index (χ1n) is 11.9. The van der Waals surface area contributed by atoms with Crippen LogP contribution < -0.4 is 10.6 Å². The number of anilines is 1. The van der Waals surface area contributed by atoms with Crippen LogP contribution in [-0.4, -0.2) is 65.2 Å². The number of nitrogens with zero attached hydrogens (tertiary/aromatic N) is 1. The summed E-state index contributed by atoms with van der Waals surface area (Å²) >= 11 is 6.26. The van der Waals surface area contributed by atoms with Gasteiger partial charge in [0.15, 0.2) is 0 Å². The van der Waals surface area contributed by atoms with E-state index in [1.54, 1.807) is 29.2 Å². The Bertz CT molecular complexity index is 912. The highest BCUT2D eigenvalue weighted by Crippen LogP contribution is 2.58. The van der Waals surface area contributed by atoms with Crippen molar-refractivity contribution < 1.29 is 24.2 Å². The summed E-state index contributed by atoms with van der Waals surface area (Å²) in [4.78, 5) is 41.9. The molecule has 3 saturated heterocycles. The second-order valence-electron chi connectivity index (χ2n) is 9.13. The Balaban J connectivity index is 1.63. The van der Waals surface area contributed by atoms with Gasteiger partial charge < -0.3 is 25.4 Å². The Morgan fingerprint density at radius 1 is 1.24 bits per heavy atom. The van der Waals surface area contributed by atoms with Crippen molar-refractivity contribution in [1.29, 1.82) is 0 Å². The first-order chi connectivity index (χ1) is 15.9. The van der Waals surface area contributed by atoms with Crippen LogP contribution in [0.5, 0.6) is 0 Å². The highest BCUT2D eigenvalue weighted by Gasteiger charge is 2.74. The van der Waals surface area contributed by atoms with Gasteiger partial charge >= 0.3 is 0 Å². The number of para-hydroxylation sites is 1. The van der Waals surface area contributed by atoms with Crippen molar-refractivity contribution in [1.82, 2.24) is 10.2 Å². The summed E-state index contributed by atoms with van der Waals surface area (Å²) in [5.74, 6) is -1.98. The Hall–Kier alpha value is -2.16. The highest BCUT2D eigenvalue weighted by atomic mass is 35.5. The Labute approximate surface area is 199 Å². The van der Waals surface area contributed by atoms with Crippen LogP contribution in [0.2, 0.25) is 5.02 Å². The summed E-state index contributed by atoms with van der Waals surface area (Å²) in [6.07, 6.45) is 3.66. The summed E-state index contributed by atoms with van der Waals surface area (Å²) in [5, 5.41) is 15.3. The lowest BCUT2D eigenvalue weighted by molar-refractivity contribution is -0.140. The van der Waals surface area contributed by atoms with Crippen LogP contribution in [-0.2, 0) is 19.1 Å². The molecule has 2 bridgehead atoms. The third-order valence-electron chi connectivity index (χ3n) is 7.09. The van der Waals surface area contributed by atoms with Crippen LogP contribution >= 0.6 is 11.6 Å². The average molecular weight is 478 g/mol. The Morgan fingerprint density at radius 3 is 2.76 bits per heavy atom. The molecule has 5 atom stereocenters. The van der Waals surface area contributed by atoms with Crippen molar-refractivity contribution in [3.8, 4) is 0 Å². The van der Waals surface area contributed by atoms with E-state index in [-0.39, 0.29) is 30.4 Å². The fourth-order valence-electron chi connectivity index (χ4n) is 5.69. The Morgan fingerprint density at radius 2 is 2.03 bits per heavy atom. The fraction of sp³-hybridized carbons (Fsp3) is 0.625. The minimum absolute atomic E-state index is 0.0847. The lowest BCUT2D eigenvalue weighted by atomic mass is 9.70. The number of nitrogens with one attached hydrogen (secondary N) is 2. The molecule has 0 aromatic heterocycles. The number of likely N-dealkylation sites (tertiary alicyclic amines) is 1. The standard InChI is InChI=1S/C24H32ClN3O5/c1-2-12-26-21(30)18-17-10-11-24(33-17)19(18)23(32)28(13-6-3-7-14-29)20(24)22(31)27-16-9-5-4-8-15(16)25/h4-5,8-9,17-20,29H,2-3,6-7,10-14H2,1H3,(H,26,30)(H,27,31)/t17-,18+,19-,20?,24?/m0/s1. The van der Waals surface area contributed by atoms with E-state index in [0.29, 0.717) is 49.5 Å². The molecule has 3 heterocycles. The van der Waals surface area contributed by atoms with Gasteiger partial charge in [0.05, 0.1) is 28.6 Å². The van der Waals surface area contributed by atoms with Gasteiger partial charge in [0.2, 0.25) is 17.7 Å². The van der Waals surface area contributed by atoms with Gasteiger partial charge in [0.1, 0.15) is 11.6 Å². The molecule has 1 aromatic rings. The second kappa shape index (κ2) is 9.99. The van der Waals surface area contributed by atoms with E-state index in [9.17, 15) is 14.4 Å².